The Morgan fingerprint density at radius 3 is 2.39 bits per heavy atom. The summed E-state index contributed by atoms with van der Waals surface area (Å²) in [4.78, 5) is 22.7. The van der Waals surface area contributed by atoms with Crippen molar-refractivity contribution in [3.63, 3.8) is 0 Å². The molecule has 0 bridgehead atoms. The summed E-state index contributed by atoms with van der Waals surface area (Å²) < 4.78 is 44.3. The summed E-state index contributed by atoms with van der Waals surface area (Å²) in [5.41, 5.74) is -0.492. The monoisotopic (exact) mass is 262 g/mol. The topological polar surface area (TPSA) is 52.6 Å². The Morgan fingerprint density at radius 2 is 1.83 bits per heavy atom. The molecule has 0 heterocycles. The van der Waals surface area contributed by atoms with Gasteiger partial charge in [-0.15, -0.1) is 13.2 Å². The molecule has 0 unspecified atom stereocenters. The van der Waals surface area contributed by atoms with E-state index in [1.165, 1.54) is 19.1 Å². The highest BCUT2D eigenvalue weighted by molar-refractivity contribution is 6.41. The summed E-state index contributed by atoms with van der Waals surface area (Å²) in [6.07, 6.45) is -4.94. The van der Waals surface area contributed by atoms with Crippen molar-refractivity contribution in [2.24, 2.45) is 0 Å². The van der Waals surface area contributed by atoms with E-state index in [-0.39, 0.29) is 6.61 Å². The van der Waals surface area contributed by atoms with Gasteiger partial charge in [-0.1, -0.05) is 12.1 Å². The maximum Gasteiger partial charge on any atom is 0.573 e. The summed E-state index contributed by atoms with van der Waals surface area (Å²) in [6.45, 7) is 1.43. The highest BCUT2D eigenvalue weighted by atomic mass is 19.4. The molecule has 1 aromatic carbocycles. The number of para-hydroxylation sites is 1. The molecule has 7 heteroatoms. The van der Waals surface area contributed by atoms with Crippen LogP contribution in [-0.2, 0) is 9.53 Å². The van der Waals surface area contributed by atoms with Gasteiger partial charge in [0.1, 0.15) is 5.75 Å². The Kier molecular flexibility index (Phi) is 4.30. The number of ether oxygens (including phenoxy) is 2. The minimum Gasteiger partial charge on any atom is -0.460 e. The van der Waals surface area contributed by atoms with Crippen LogP contribution in [0.3, 0.4) is 0 Å². The van der Waals surface area contributed by atoms with E-state index in [0.29, 0.717) is 0 Å². The van der Waals surface area contributed by atoms with Crippen LogP contribution in [0.15, 0.2) is 24.3 Å². The zero-order valence-electron chi connectivity index (χ0n) is 9.28. The van der Waals surface area contributed by atoms with Crippen LogP contribution in [-0.4, -0.2) is 24.7 Å². The molecular weight excluding hydrogens is 253 g/mol. The Labute approximate surface area is 100 Å². The molecule has 0 amide bonds. The number of benzene rings is 1. The van der Waals surface area contributed by atoms with Crippen LogP contribution in [0.2, 0.25) is 0 Å². The molecule has 0 fully saturated rings. The Bertz CT molecular complexity index is 454. The largest absolute Gasteiger partial charge is 0.573 e. The number of esters is 1. The van der Waals surface area contributed by atoms with Crippen molar-refractivity contribution in [1.29, 1.82) is 0 Å². The number of carbonyl (C=O) groups is 2. The van der Waals surface area contributed by atoms with E-state index >= 15 is 0 Å². The number of hydrogen-bond donors (Lipinski definition) is 0. The van der Waals surface area contributed by atoms with Crippen LogP contribution in [0.25, 0.3) is 0 Å². The zero-order valence-corrected chi connectivity index (χ0v) is 9.28. The molecule has 0 aliphatic heterocycles. The summed E-state index contributed by atoms with van der Waals surface area (Å²) in [5.74, 6) is -3.14. The lowest BCUT2D eigenvalue weighted by molar-refractivity contribution is -0.274. The minimum absolute atomic E-state index is 0.0487. The third-order valence-electron chi connectivity index (χ3n) is 1.82. The average molecular weight is 262 g/mol. The first-order chi connectivity index (χ1) is 8.35. The lowest BCUT2D eigenvalue weighted by Gasteiger charge is -2.11. The molecule has 0 aliphatic carbocycles. The van der Waals surface area contributed by atoms with Gasteiger partial charge in [-0.2, -0.15) is 0 Å². The Morgan fingerprint density at radius 1 is 1.22 bits per heavy atom. The summed E-state index contributed by atoms with van der Waals surface area (Å²) in [7, 11) is 0. The van der Waals surface area contributed by atoms with Gasteiger partial charge in [-0.3, -0.25) is 4.79 Å². The van der Waals surface area contributed by atoms with E-state index in [9.17, 15) is 22.8 Å². The molecule has 18 heavy (non-hydrogen) atoms. The quantitative estimate of drug-likeness (QED) is 0.474. The number of alkyl halides is 3. The smallest absolute Gasteiger partial charge is 0.460 e. The minimum atomic E-state index is -4.94. The van der Waals surface area contributed by atoms with Gasteiger partial charge in [0, 0.05) is 0 Å². The van der Waals surface area contributed by atoms with Gasteiger partial charge in [-0.25, -0.2) is 4.79 Å². The van der Waals surface area contributed by atoms with E-state index in [0.717, 1.165) is 12.1 Å². The van der Waals surface area contributed by atoms with E-state index in [4.69, 9.17) is 0 Å². The standard InChI is InChI=1S/C11H9F3O4/c1-2-17-10(16)9(15)7-5-3-4-6-8(7)18-11(12,13)14/h3-6H,2H2,1H3. The molecule has 0 N–H and O–H groups in total. The van der Waals surface area contributed by atoms with Crippen molar-refractivity contribution in [3.05, 3.63) is 29.8 Å². The second kappa shape index (κ2) is 5.52. The Hall–Kier alpha value is -2.05. The SMILES string of the molecule is CCOC(=O)C(=O)c1ccccc1OC(F)(F)F. The van der Waals surface area contributed by atoms with Crippen molar-refractivity contribution >= 4 is 11.8 Å². The van der Waals surface area contributed by atoms with Crippen molar-refractivity contribution in [2.75, 3.05) is 6.61 Å². The Balaban J connectivity index is 3.02. The first-order valence-electron chi connectivity index (χ1n) is 4.91. The zero-order chi connectivity index (χ0) is 13.8. The molecule has 1 rings (SSSR count). The third kappa shape index (κ3) is 3.76. The van der Waals surface area contributed by atoms with Crippen LogP contribution in [0.4, 0.5) is 13.2 Å². The molecular formula is C11H9F3O4. The molecule has 1 aromatic rings. The number of hydrogen-bond acceptors (Lipinski definition) is 4. The normalized spacial score (nSPS) is 10.9. The number of ketones is 1. The van der Waals surface area contributed by atoms with Gasteiger partial charge in [0.05, 0.1) is 12.2 Å². The molecule has 0 saturated heterocycles. The van der Waals surface area contributed by atoms with Gasteiger partial charge in [0.15, 0.2) is 0 Å². The maximum atomic E-state index is 12.1. The van der Waals surface area contributed by atoms with Crippen LogP contribution in [0, 0.1) is 0 Å². The predicted molar refractivity (Wildman–Crippen MR) is 54.1 cm³/mol. The van der Waals surface area contributed by atoms with E-state index < -0.39 is 29.4 Å². The van der Waals surface area contributed by atoms with E-state index in [2.05, 4.69) is 9.47 Å². The van der Waals surface area contributed by atoms with Gasteiger partial charge < -0.3 is 9.47 Å². The summed E-state index contributed by atoms with van der Waals surface area (Å²) in [6, 6.07) is 4.57. The van der Waals surface area contributed by atoms with Gasteiger partial charge >= 0.3 is 12.3 Å². The fourth-order valence-electron chi connectivity index (χ4n) is 1.17. The van der Waals surface area contributed by atoms with Gasteiger partial charge in [0.2, 0.25) is 0 Å². The molecule has 0 saturated carbocycles. The van der Waals surface area contributed by atoms with Gasteiger partial charge in [-0.05, 0) is 19.1 Å². The number of rotatable bonds is 4. The number of carbonyl (C=O) groups excluding carboxylic acids is 2. The highest BCUT2D eigenvalue weighted by Crippen LogP contribution is 2.26. The molecule has 0 radical (unpaired) electrons. The maximum absolute atomic E-state index is 12.1. The van der Waals surface area contributed by atoms with E-state index in [1.807, 2.05) is 0 Å². The van der Waals surface area contributed by atoms with Crippen LogP contribution in [0.5, 0.6) is 5.75 Å². The van der Waals surface area contributed by atoms with Crippen molar-refractivity contribution in [2.45, 2.75) is 13.3 Å². The molecule has 98 valence electrons. The van der Waals surface area contributed by atoms with Crippen LogP contribution < -0.4 is 4.74 Å². The van der Waals surface area contributed by atoms with Crippen molar-refractivity contribution < 1.29 is 32.2 Å². The third-order valence-corrected chi connectivity index (χ3v) is 1.82. The fourth-order valence-corrected chi connectivity index (χ4v) is 1.17. The number of halogens is 3. The average Bonchev–Trinajstić information content (AvgIpc) is 2.27. The summed E-state index contributed by atoms with van der Waals surface area (Å²) >= 11 is 0. The van der Waals surface area contributed by atoms with Crippen molar-refractivity contribution in [1.82, 2.24) is 0 Å². The molecule has 0 spiro atoms. The first kappa shape index (κ1) is 14.0. The highest BCUT2D eigenvalue weighted by Gasteiger charge is 2.33. The summed E-state index contributed by atoms with van der Waals surface area (Å²) in [5, 5.41) is 0. The van der Waals surface area contributed by atoms with E-state index in [1.54, 1.807) is 0 Å². The second-order valence-corrected chi connectivity index (χ2v) is 3.09. The molecule has 0 aromatic heterocycles. The lowest BCUT2D eigenvalue weighted by Crippen LogP contribution is -2.22. The van der Waals surface area contributed by atoms with Crippen molar-refractivity contribution in [3.8, 4) is 5.75 Å². The molecule has 0 atom stereocenters. The van der Waals surface area contributed by atoms with Crippen LogP contribution in [0.1, 0.15) is 17.3 Å². The first-order valence-corrected chi connectivity index (χ1v) is 4.91. The lowest BCUT2D eigenvalue weighted by atomic mass is 10.1. The number of Topliss-reactive ketones (excluding diaryl/α,β-unsaturated/α-hetero) is 1. The predicted octanol–water partition coefficient (Wildman–Crippen LogP) is 2.33. The van der Waals surface area contributed by atoms with Crippen LogP contribution >= 0.6 is 0 Å². The molecule has 4 nitrogen and oxygen atoms in total. The molecule has 0 aliphatic rings. The van der Waals surface area contributed by atoms with Gasteiger partial charge in [0.25, 0.3) is 5.78 Å². The fraction of sp³-hybridized carbons (Fsp3) is 0.273. The second-order valence-electron chi connectivity index (χ2n) is 3.09.